The van der Waals surface area contributed by atoms with Crippen LogP contribution in [0.5, 0.6) is 5.75 Å². The van der Waals surface area contributed by atoms with E-state index in [4.69, 9.17) is 9.26 Å². The first-order valence-electron chi connectivity index (χ1n) is 12.2. The number of rotatable bonds is 6. The fourth-order valence-electron chi connectivity index (χ4n) is 5.23. The second kappa shape index (κ2) is 8.72. The molecule has 4 aromatic heterocycles. The summed E-state index contributed by atoms with van der Waals surface area (Å²) in [5.74, 6) is 1.96. The van der Waals surface area contributed by atoms with Gasteiger partial charge in [0.05, 0.1) is 17.2 Å². The van der Waals surface area contributed by atoms with Gasteiger partial charge in [-0.2, -0.15) is 4.98 Å². The lowest BCUT2D eigenvalue weighted by atomic mass is 9.85. The molecule has 180 valence electrons. The van der Waals surface area contributed by atoms with Crippen LogP contribution in [0.3, 0.4) is 0 Å². The van der Waals surface area contributed by atoms with E-state index in [1.165, 1.54) is 6.42 Å². The van der Waals surface area contributed by atoms with Gasteiger partial charge in [-0.15, -0.1) is 0 Å². The zero-order valence-corrected chi connectivity index (χ0v) is 19.9. The smallest absolute Gasteiger partial charge is 0.329 e. The number of benzene rings is 1. The molecular formula is C26H28N6O3. The van der Waals surface area contributed by atoms with Crippen molar-refractivity contribution in [3.05, 3.63) is 70.5 Å². The van der Waals surface area contributed by atoms with E-state index in [2.05, 4.69) is 27.0 Å². The summed E-state index contributed by atoms with van der Waals surface area (Å²) in [6.07, 6.45) is 8.09. The summed E-state index contributed by atoms with van der Waals surface area (Å²) in [4.78, 5) is 26.0. The van der Waals surface area contributed by atoms with Crippen LogP contribution < -0.4 is 10.4 Å². The van der Waals surface area contributed by atoms with Gasteiger partial charge in [0, 0.05) is 17.6 Å². The summed E-state index contributed by atoms with van der Waals surface area (Å²) in [5.41, 5.74) is 3.57. The number of aromatic amines is 1. The molecule has 5 aromatic rings. The molecule has 6 rings (SSSR count). The molecule has 35 heavy (non-hydrogen) atoms. The topological polar surface area (TPSA) is 104 Å². The number of nitrogens with zero attached hydrogens (tertiary/aromatic N) is 5. The Morgan fingerprint density at radius 3 is 2.83 bits per heavy atom. The van der Waals surface area contributed by atoms with Gasteiger partial charge in [-0.25, -0.2) is 9.78 Å². The summed E-state index contributed by atoms with van der Waals surface area (Å²) in [6.45, 7) is 4.64. The average Bonchev–Trinajstić information content (AvgIpc) is 3.58. The van der Waals surface area contributed by atoms with Crippen LogP contribution in [0.15, 0.2) is 52.0 Å². The molecule has 1 fully saturated rings. The maximum absolute atomic E-state index is 13.8. The largest absolute Gasteiger partial charge is 0.485 e. The fourth-order valence-corrected chi connectivity index (χ4v) is 5.23. The Labute approximate surface area is 201 Å². The van der Waals surface area contributed by atoms with Gasteiger partial charge in [-0.1, -0.05) is 42.6 Å². The first-order valence-corrected chi connectivity index (χ1v) is 12.2. The molecule has 9 heteroatoms. The highest BCUT2D eigenvalue weighted by molar-refractivity contribution is 6.01. The minimum Gasteiger partial charge on any atom is -0.485 e. The number of H-pyrrole nitrogens is 1. The number of hydrogen-bond acceptors (Lipinski definition) is 6. The van der Waals surface area contributed by atoms with E-state index >= 15 is 0 Å². The number of imidazole rings is 1. The van der Waals surface area contributed by atoms with Crippen LogP contribution in [0.4, 0.5) is 0 Å². The van der Waals surface area contributed by atoms with Crippen LogP contribution in [-0.4, -0.2) is 29.2 Å². The van der Waals surface area contributed by atoms with Crippen LogP contribution in [0.2, 0.25) is 0 Å². The molecule has 1 aliphatic carbocycles. The number of nitrogens with one attached hydrogen (secondary N) is 1. The zero-order valence-electron chi connectivity index (χ0n) is 19.9. The standard InChI is InChI=1S/C26H28N6O3/c1-16-7-9-18(10-8-16)34-15-22-29-23(35-30-22)14-31-21-13-28-25-19(11-12-27-25)24(21)32(26(31)33)20-6-4-3-5-17(20)2/h7-13,17,20H,3-6,14-15H2,1-2H3,(H,27,28)/t17-,20+/m1/s1. The van der Waals surface area contributed by atoms with Crippen molar-refractivity contribution in [1.29, 1.82) is 0 Å². The molecule has 0 radical (unpaired) electrons. The number of aryl methyl sites for hydroxylation is 1. The minimum absolute atomic E-state index is 0.0649. The van der Waals surface area contributed by atoms with E-state index in [1.807, 2.05) is 48.0 Å². The van der Waals surface area contributed by atoms with Crippen LogP contribution in [0.25, 0.3) is 22.1 Å². The van der Waals surface area contributed by atoms with Gasteiger partial charge in [0.25, 0.3) is 0 Å². The Morgan fingerprint density at radius 2 is 2.00 bits per heavy atom. The molecule has 1 aromatic carbocycles. The van der Waals surface area contributed by atoms with Crippen LogP contribution in [0.1, 0.15) is 55.9 Å². The Hall–Kier alpha value is -3.88. The zero-order chi connectivity index (χ0) is 23.9. The average molecular weight is 473 g/mol. The molecule has 0 aliphatic heterocycles. The number of hydrogen-bond donors (Lipinski definition) is 1. The Bertz CT molecular complexity index is 1540. The summed E-state index contributed by atoms with van der Waals surface area (Å²) >= 11 is 0. The molecule has 0 spiro atoms. The highest BCUT2D eigenvalue weighted by Gasteiger charge is 2.29. The fraction of sp³-hybridized carbons (Fsp3) is 0.385. The third kappa shape index (κ3) is 3.90. The van der Waals surface area contributed by atoms with Crippen LogP contribution in [-0.2, 0) is 13.2 Å². The summed E-state index contributed by atoms with van der Waals surface area (Å²) in [7, 11) is 0. The van der Waals surface area contributed by atoms with E-state index in [1.54, 1.807) is 10.8 Å². The summed E-state index contributed by atoms with van der Waals surface area (Å²) in [5, 5.41) is 5.00. The van der Waals surface area contributed by atoms with Crippen LogP contribution in [0, 0.1) is 12.8 Å². The van der Waals surface area contributed by atoms with E-state index in [-0.39, 0.29) is 24.9 Å². The molecule has 1 aliphatic rings. The predicted molar refractivity (Wildman–Crippen MR) is 131 cm³/mol. The highest BCUT2D eigenvalue weighted by Crippen LogP contribution is 2.36. The molecule has 2 atom stereocenters. The Balaban J connectivity index is 1.34. The van der Waals surface area contributed by atoms with Crippen LogP contribution >= 0.6 is 0 Å². The lowest BCUT2D eigenvalue weighted by molar-refractivity contribution is 0.256. The lowest BCUT2D eigenvalue weighted by Gasteiger charge is -2.29. The molecule has 1 saturated carbocycles. The van der Waals surface area contributed by atoms with Gasteiger partial charge in [-0.05, 0) is 43.9 Å². The first kappa shape index (κ1) is 21.6. The number of fused-ring (bicyclic) bond motifs is 3. The van der Waals surface area contributed by atoms with Crippen molar-refractivity contribution in [2.24, 2.45) is 5.92 Å². The van der Waals surface area contributed by atoms with Gasteiger partial charge in [0.1, 0.15) is 17.9 Å². The SMILES string of the molecule is Cc1ccc(OCc2noc(Cn3c(=O)n([C@H]4CCCC[C@H]4C)c4c5cc[nH]c5ncc43)n2)cc1. The highest BCUT2D eigenvalue weighted by atomic mass is 16.5. The van der Waals surface area contributed by atoms with Crippen molar-refractivity contribution >= 4 is 22.1 Å². The Kier molecular flexibility index (Phi) is 5.39. The summed E-state index contributed by atoms with van der Waals surface area (Å²) in [6, 6.07) is 9.94. The van der Waals surface area contributed by atoms with Gasteiger partial charge in [-0.3, -0.25) is 9.13 Å². The van der Waals surface area contributed by atoms with Gasteiger partial charge in [0.15, 0.2) is 6.61 Å². The first-order chi connectivity index (χ1) is 17.1. The maximum Gasteiger partial charge on any atom is 0.329 e. The molecular weight excluding hydrogens is 444 g/mol. The van der Waals surface area contributed by atoms with Crippen molar-refractivity contribution in [2.75, 3.05) is 0 Å². The van der Waals surface area contributed by atoms with Crippen molar-refractivity contribution in [3.63, 3.8) is 0 Å². The quantitative estimate of drug-likeness (QED) is 0.382. The van der Waals surface area contributed by atoms with E-state index in [9.17, 15) is 4.79 Å². The number of aromatic nitrogens is 6. The van der Waals surface area contributed by atoms with Crippen molar-refractivity contribution < 1.29 is 9.26 Å². The second-order valence-electron chi connectivity index (χ2n) is 9.51. The lowest BCUT2D eigenvalue weighted by Crippen LogP contribution is -2.32. The summed E-state index contributed by atoms with van der Waals surface area (Å²) < 4.78 is 14.9. The van der Waals surface area contributed by atoms with E-state index in [0.29, 0.717) is 17.6 Å². The molecule has 4 heterocycles. The maximum atomic E-state index is 13.8. The normalized spacial score (nSPS) is 18.5. The van der Waals surface area contributed by atoms with Crippen molar-refractivity contribution in [2.45, 2.75) is 58.7 Å². The minimum atomic E-state index is -0.0649. The molecule has 1 N–H and O–H groups in total. The molecule has 0 bridgehead atoms. The third-order valence-corrected chi connectivity index (χ3v) is 7.10. The second-order valence-corrected chi connectivity index (χ2v) is 9.51. The molecule has 0 amide bonds. The van der Waals surface area contributed by atoms with Crippen molar-refractivity contribution in [1.82, 2.24) is 29.2 Å². The number of ether oxygens (including phenoxy) is 1. The van der Waals surface area contributed by atoms with Gasteiger partial charge >= 0.3 is 5.69 Å². The third-order valence-electron chi connectivity index (χ3n) is 7.10. The van der Waals surface area contributed by atoms with Gasteiger partial charge in [0.2, 0.25) is 11.7 Å². The Morgan fingerprint density at radius 1 is 1.17 bits per heavy atom. The number of pyridine rings is 1. The molecule has 9 nitrogen and oxygen atoms in total. The predicted octanol–water partition coefficient (Wildman–Crippen LogP) is 4.75. The molecule has 0 saturated heterocycles. The van der Waals surface area contributed by atoms with E-state index in [0.717, 1.165) is 52.6 Å². The van der Waals surface area contributed by atoms with E-state index < -0.39 is 0 Å². The monoisotopic (exact) mass is 472 g/mol. The van der Waals surface area contributed by atoms with Gasteiger partial charge < -0.3 is 14.2 Å². The van der Waals surface area contributed by atoms with Crippen molar-refractivity contribution in [3.8, 4) is 5.75 Å². The molecule has 0 unspecified atom stereocenters.